The minimum Gasteiger partial charge on any atom is -0.389 e. The second-order valence-electron chi connectivity index (χ2n) is 5.37. The van der Waals surface area contributed by atoms with Crippen molar-refractivity contribution in [1.82, 2.24) is 4.90 Å². The third-order valence-corrected chi connectivity index (χ3v) is 3.66. The van der Waals surface area contributed by atoms with Crippen LogP contribution in [0.25, 0.3) is 0 Å². The fourth-order valence-electron chi connectivity index (χ4n) is 2.31. The minimum atomic E-state index is -0.592. The van der Waals surface area contributed by atoms with Crippen molar-refractivity contribution in [2.45, 2.75) is 44.3 Å². The Labute approximate surface area is 85.7 Å². The van der Waals surface area contributed by atoms with E-state index in [1.54, 1.807) is 0 Å². The number of aliphatic hydroxyl groups is 2. The maximum atomic E-state index is 10.1. The Bertz CT molecular complexity index is 217. The van der Waals surface area contributed by atoms with Crippen LogP contribution in [-0.2, 0) is 0 Å². The number of hydrogen-bond donors (Lipinski definition) is 2. The lowest BCUT2D eigenvalue weighted by atomic mass is 9.87. The van der Waals surface area contributed by atoms with Crippen molar-refractivity contribution in [3.05, 3.63) is 0 Å². The van der Waals surface area contributed by atoms with E-state index < -0.39 is 11.2 Å². The highest BCUT2D eigenvalue weighted by Gasteiger charge is 2.52. The van der Waals surface area contributed by atoms with Gasteiger partial charge in [-0.15, -0.1) is 0 Å². The first-order chi connectivity index (χ1) is 6.45. The largest absolute Gasteiger partial charge is 0.389 e. The van der Waals surface area contributed by atoms with Gasteiger partial charge in [0.1, 0.15) is 0 Å². The van der Waals surface area contributed by atoms with E-state index in [2.05, 4.69) is 4.90 Å². The van der Waals surface area contributed by atoms with Crippen molar-refractivity contribution < 1.29 is 10.2 Å². The molecule has 1 unspecified atom stereocenters. The monoisotopic (exact) mass is 199 g/mol. The molecule has 3 heteroatoms. The fourth-order valence-corrected chi connectivity index (χ4v) is 2.31. The molecule has 1 aliphatic heterocycles. The SMILES string of the molecule is CCC(C)(O)CN1CC(O)(C2CC2)C1. The average molecular weight is 199 g/mol. The summed E-state index contributed by atoms with van der Waals surface area (Å²) in [6.07, 6.45) is 3.15. The van der Waals surface area contributed by atoms with Crippen molar-refractivity contribution in [3.8, 4) is 0 Å². The van der Waals surface area contributed by atoms with Crippen LogP contribution in [0.3, 0.4) is 0 Å². The predicted molar refractivity (Wildman–Crippen MR) is 55.0 cm³/mol. The van der Waals surface area contributed by atoms with Gasteiger partial charge in [-0.3, -0.25) is 4.90 Å². The van der Waals surface area contributed by atoms with Crippen LogP contribution in [0, 0.1) is 5.92 Å². The first-order valence-corrected chi connectivity index (χ1v) is 5.62. The van der Waals surface area contributed by atoms with E-state index in [1.807, 2.05) is 13.8 Å². The molecule has 14 heavy (non-hydrogen) atoms. The van der Waals surface area contributed by atoms with Crippen LogP contribution in [-0.4, -0.2) is 45.9 Å². The molecule has 1 aliphatic carbocycles. The van der Waals surface area contributed by atoms with Gasteiger partial charge in [-0.25, -0.2) is 0 Å². The molecule has 1 heterocycles. The van der Waals surface area contributed by atoms with Crippen LogP contribution in [0.4, 0.5) is 0 Å². The van der Waals surface area contributed by atoms with Gasteiger partial charge in [0.15, 0.2) is 0 Å². The third kappa shape index (κ3) is 1.95. The van der Waals surface area contributed by atoms with E-state index in [9.17, 15) is 10.2 Å². The first kappa shape index (κ1) is 10.4. The Kier molecular flexibility index (Phi) is 2.37. The normalized spacial score (nSPS) is 30.9. The Morgan fingerprint density at radius 3 is 2.43 bits per heavy atom. The first-order valence-electron chi connectivity index (χ1n) is 5.62. The highest BCUT2D eigenvalue weighted by atomic mass is 16.3. The summed E-state index contributed by atoms with van der Waals surface area (Å²) in [6, 6.07) is 0. The smallest absolute Gasteiger partial charge is 0.0928 e. The molecule has 0 aromatic rings. The molecule has 2 aliphatic rings. The molecule has 82 valence electrons. The number of nitrogens with zero attached hydrogens (tertiary/aromatic N) is 1. The summed E-state index contributed by atoms with van der Waals surface area (Å²) in [4.78, 5) is 2.15. The van der Waals surface area contributed by atoms with Gasteiger partial charge in [0.2, 0.25) is 0 Å². The second-order valence-corrected chi connectivity index (χ2v) is 5.37. The highest BCUT2D eigenvalue weighted by molar-refractivity contribution is 5.06. The van der Waals surface area contributed by atoms with E-state index in [4.69, 9.17) is 0 Å². The second kappa shape index (κ2) is 3.19. The lowest BCUT2D eigenvalue weighted by Crippen LogP contribution is -2.65. The van der Waals surface area contributed by atoms with Crippen LogP contribution in [0.15, 0.2) is 0 Å². The number of likely N-dealkylation sites (tertiary alicyclic amines) is 1. The van der Waals surface area contributed by atoms with Crippen LogP contribution >= 0.6 is 0 Å². The molecule has 2 N–H and O–H groups in total. The van der Waals surface area contributed by atoms with E-state index in [0.717, 1.165) is 19.5 Å². The average Bonchev–Trinajstić information content (AvgIpc) is 2.83. The fraction of sp³-hybridized carbons (Fsp3) is 1.00. The van der Waals surface area contributed by atoms with Crippen molar-refractivity contribution in [3.63, 3.8) is 0 Å². The maximum absolute atomic E-state index is 10.1. The van der Waals surface area contributed by atoms with Gasteiger partial charge >= 0.3 is 0 Å². The Balaban J connectivity index is 1.77. The van der Waals surface area contributed by atoms with Crippen molar-refractivity contribution in [1.29, 1.82) is 0 Å². The quantitative estimate of drug-likeness (QED) is 0.697. The summed E-state index contributed by atoms with van der Waals surface area (Å²) in [6.45, 7) is 6.06. The van der Waals surface area contributed by atoms with E-state index >= 15 is 0 Å². The lowest BCUT2D eigenvalue weighted by molar-refractivity contribution is -0.134. The minimum absolute atomic E-state index is 0.413. The van der Waals surface area contributed by atoms with Gasteiger partial charge < -0.3 is 10.2 Å². The van der Waals surface area contributed by atoms with Gasteiger partial charge in [-0.1, -0.05) is 6.92 Å². The summed E-state index contributed by atoms with van der Waals surface area (Å²) in [7, 11) is 0. The molecule has 3 nitrogen and oxygen atoms in total. The summed E-state index contributed by atoms with van der Waals surface area (Å²) >= 11 is 0. The highest BCUT2D eigenvalue weighted by Crippen LogP contribution is 2.44. The maximum Gasteiger partial charge on any atom is 0.0928 e. The van der Waals surface area contributed by atoms with Crippen LogP contribution in [0.5, 0.6) is 0 Å². The summed E-state index contributed by atoms with van der Waals surface area (Å²) in [5.74, 6) is 0.547. The Morgan fingerprint density at radius 1 is 1.43 bits per heavy atom. The Morgan fingerprint density at radius 2 is 2.00 bits per heavy atom. The summed E-state index contributed by atoms with van der Waals surface area (Å²) in [5, 5.41) is 19.9. The molecule has 0 amide bonds. The molecule has 2 fully saturated rings. The molecule has 0 radical (unpaired) electrons. The molecule has 0 aromatic carbocycles. The van der Waals surface area contributed by atoms with Gasteiger partial charge in [0.25, 0.3) is 0 Å². The molecule has 2 rings (SSSR count). The number of hydrogen-bond acceptors (Lipinski definition) is 3. The molecule has 0 spiro atoms. The zero-order valence-corrected chi connectivity index (χ0v) is 9.16. The molecule has 1 atom stereocenters. The molecule has 1 saturated heterocycles. The van der Waals surface area contributed by atoms with Gasteiger partial charge in [-0.2, -0.15) is 0 Å². The van der Waals surface area contributed by atoms with Crippen LogP contribution < -0.4 is 0 Å². The van der Waals surface area contributed by atoms with Crippen LogP contribution in [0.1, 0.15) is 33.1 Å². The Hall–Kier alpha value is -0.120. The van der Waals surface area contributed by atoms with E-state index in [0.29, 0.717) is 12.5 Å². The van der Waals surface area contributed by atoms with Crippen molar-refractivity contribution in [2.24, 2.45) is 5.92 Å². The predicted octanol–water partition coefficient (Wildman–Crippen LogP) is 0.604. The number of β-amino-alcohol motifs (C(OH)–C–C–N with tert-alkyl or cyclic N) is 2. The molecular weight excluding hydrogens is 178 g/mol. The van der Waals surface area contributed by atoms with Gasteiger partial charge in [-0.05, 0) is 32.1 Å². The van der Waals surface area contributed by atoms with Crippen LogP contribution in [0.2, 0.25) is 0 Å². The summed E-state index contributed by atoms with van der Waals surface area (Å²) in [5.41, 5.74) is -1.01. The van der Waals surface area contributed by atoms with Crippen molar-refractivity contribution >= 4 is 0 Å². The molecular formula is C11H21NO2. The summed E-state index contributed by atoms with van der Waals surface area (Å²) < 4.78 is 0. The molecule has 0 aromatic heterocycles. The van der Waals surface area contributed by atoms with E-state index in [-0.39, 0.29) is 0 Å². The third-order valence-electron chi connectivity index (χ3n) is 3.66. The molecule has 1 saturated carbocycles. The lowest BCUT2D eigenvalue weighted by Gasteiger charge is -2.49. The molecule has 0 bridgehead atoms. The van der Waals surface area contributed by atoms with E-state index in [1.165, 1.54) is 12.8 Å². The number of rotatable bonds is 4. The zero-order chi connectivity index (χ0) is 10.4. The van der Waals surface area contributed by atoms with Gasteiger partial charge in [0, 0.05) is 19.6 Å². The van der Waals surface area contributed by atoms with Crippen molar-refractivity contribution in [2.75, 3.05) is 19.6 Å². The zero-order valence-electron chi connectivity index (χ0n) is 9.16. The topological polar surface area (TPSA) is 43.7 Å². The standard InChI is InChI=1S/C11H21NO2/c1-3-10(2,13)6-12-7-11(14,8-12)9-4-5-9/h9,13-14H,3-8H2,1-2H3. The van der Waals surface area contributed by atoms with Gasteiger partial charge in [0.05, 0.1) is 11.2 Å².